The zero-order valence-electron chi connectivity index (χ0n) is 13.7. The van der Waals surface area contributed by atoms with Gasteiger partial charge in [-0.1, -0.05) is 19.0 Å². The van der Waals surface area contributed by atoms with Crippen LogP contribution in [0.3, 0.4) is 0 Å². The largest absolute Gasteiger partial charge is 0.478 e. The Hall–Kier alpha value is -2.83. The number of amides is 1. The van der Waals surface area contributed by atoms with E-state index in [0.717, 1.165) is 12.8 Å². The Labute approximate surface area is 140 Å². The summed E-state index contributed by atoms with van der Waals surface area (Å²) in [6, 6.07) is 6.48. The fourth-order valence-corrected chi connectivity index (χ4v) is 2.31. The van der Waals surface area contributed by atoms with Gasteiger partial charge >= 0.3 is 5.97 Å². The molecule has 3 N–H and O–H groups in total. The summed E-state index contributed by atoms with van der Waals surface area (Å²) in [6.07, 6.45) is 3.33. The van der Waals surface area contributed by atoms with Gasteiger partial charge < -0.3 is 20.3 Å². The van der Waals surface area contributed by atoms with Crippen LogP contribution in [0.25, 0.3) is 0 Å². The number of hydrogen-bond acceptors (Lipinski definition) is 5. The summed E-state index contributed by atoms with van der Waals surface area (Å²) in [5.74, 6) is -0.909. The van der Waals surface area contributed by atoms with E-state index in [2.05, 4.69) is 29.6 Å². The second kappa shape index (κ2) is 8.14. The van der Waals surface area contributed by atoms with E-state index in [4.69, 9.17) is 9.63 Å². The number of aromatic nitrogens is 1. The summed E-state index contributed by atoms with van der Waals surface area (Å²) < 4.78 is 4.91. The molecule has 0 aliphatic carbocycles. The molecule has 1 aromatic carbocycles. The molecule has 1 amide bonds. The van der Waals surface area contributed by atoms with E-state index >= 15 is 0 Å². The Morgan fingerprint density at radius 1 is 1.21 bits per heavy atom. The van der Waals surface area contributed by atoms with Crippen molar-refractivity contribution in [3.05, 3.63) is 41.8 Å². The first-order valence-electron chi connectivity index (χ1n) is 7.86. The topological polar surface area (TPSA) is 104 Å². The lowest BCUT2D eigenvalue weighted by Gasteiger charge is -2.19. The van der Waals surface area contributed by atoms with Crippen LogP contribution in [0.4, 0.5) is 11.4 Å². The molecule has 0 atom stereocenters. The standard InChI is InChI=1S/C17H21N3O4/c1-3-12(4-2)19-14-6-5-11(17(22)23)9-15(14)20-16(21)10-13-7-8-18-24-13/h5-9,12,19H,3-4,10H2,1-2H3,(H,20,21)(H,22,23). The van der Waals surface area contributed by atoms with Gasteiger partial charge in [-0.25, -0.2) is 4.79 Å². The summed E-state index contributed by atoms with van der Waals surface area (Å²) in [5.41, 5.74) is 1.24. The fourth-order valence-electron chi connectivity index (χ4n) is 2.31. The predicted molar refractivity (Wildman–Crippen MR) is 90.2 cm³/mol. The maximum absolute atomic E-state index is 12.2. The molecule has 0 aliphatic rings. The van der Waals surface area contributed by atoms with E-state index in [9.17, 15) is 9.59 Å². The maximum atomic E-state index is 12.2. The van der Waals surface area contributed by atoms with Crippen molar-refractivity contribution < 1.29 is 19.2 Å². The maximum Gasteiger partial charge on any atom is 0.335 e. The van der Waals surface area contributed by atoms with Crippen LogP contribution < -0.4 is 10.6 Å². The zero-order chi connectivity index (χ0) is 17.5. The number of carboxylic acids is 1. The molecule has 0 radical (unpaired) electrons. The first-order chi connectivity index (χ1) is 11.5. The third-order valence-corrected chi connectivity index (χ3v) is 3.71. The Balaban J connectivity index is 2.21. The molecule has 0 saturated heterocycles. The van der Waals surface area contributed by atoms with E-state index in [1.807, 2.05) is 0 Å². The monoisotopic (exact) mass is 331 g/mol. The highest BCUT2D eigenvalue weighted by molar-refractivity contribution is 5.98. The number of aromatic carboxylic acids is 1. The number of anilines is 2. The third kappa shape index (κ3) is 4.58. The van der Waals surface area contributed by atoms with Crippen molar-refractivity contribution in [2.45, 2.75) is 39.2 Å². The molecule has 0 spiro atoms. The van der Waals surface area contributed by atoms with Crippen LogP contribution in [0.5, 0.6) is 0 Å². The van der Waals surface area contributed by atoms with Crippen molar-refractivity contribution in [2.75, 3.05) is 10.6 Å². The molecular formula is C17H21N3O4. The van der Waals surface area contributed by atoms with Crippen LogP contribution in [0, 0.1) is 0 Å². The van der Waals surface area contributed by atoms with Gasteiger partial charge in [-0.15, -0.1) is 0 Å². The third-order valence-electron chi connectivity index (χ3n) is 3.71. The van der Waals surface area contributed by atoms with Gasteiger partial charge in [0.25, 0.3) is 0 Å². The highest BCUT2D eigenvalue weighted by Gasteiger charge is 2.14. The van der Waals surface area contributed by atoms with Gasteiger partial charge in [0.1, 0.15) is 5.76 Å². The predicted octanol–water partition coefficient (Wildman–Crippen LogP) is 3.15. The molecular weight excluding hydrogens is 310 g/mol. The molecule has 0 fully saturated rings. The van der Waals surface area contributed by atoms with E-state index in [1.165, 1.54) is 18.3 Å². The van der Waals surface area contributed by atoms with Gasteiger partial charge in [0, 0.05) is 12.1 Å². The molecule has 24 heavy (non-hydrogen) atoms. The number of nitrogens with one attached hydrogen (secondary N) is 2. The molecule has 1 heterocycles. The summed E-state index contributed by atoms with van der Waals surface area (Å²) in [6.45, 7) is 4.13. The van der Waals surface area contributed by atoms with Crippen molar-refractivity contribution in [3.63, 3.8) is 0 Å². The lowest BCUT2D eigenvalue weighted by atomic mass is 10.1. The van der Waals surface area contributed by atoms with Crippen molar-refractivity contribution in [3.8, 4) is 0 Å². The summed E-state index contributed by atoms with van der Waals surface area (Å²) in [4.78, 5) is 23.3. The number of carbonyl (C=O) groups is 2. The van der Waals surface area contributed by atoms with E-state index in [1.54, 1.807) is 12.1 Å². The van der Waals surface area contributed by atoms with Crippen molar-refractivity contribution in [1.82, 2.24) is 5.16 Å². The van der Waals surface area contributed by atoms with Crippen molar-refractivity contribution in [2.24, 2.45) is 0 Å². The van der Waals surface area contributed by atoms with E-state index < -0.39 is 5.97 Å². The Morgan fingerprint density at radius 2 is 1.96 bits per heavy atom. The van der Waals surface area contributed by atoms with Crippen LogP contribution in [0.2, 0.25) is 0 Å². The second-order valence-electron chi connectivity index (χ2n) is 5.43. The van der Waals surface area contributed by atoms with Gasteiger partial charge in [-0.05, 0) is 31.0 Å². The minimum absolute atomic E-state index is 0.0295. The van der Waals surface area contributed by atoms with Gasteiger partial charge in [0.15, 0.2) is 0 Å². The SMILES string of the molecule is CCC(CC)Nc1ccc(C(=O)O)cc1NC(=O)Cc1ccno1. The number of carboxylic acid groups (broad SMARTS) is 1. The van der Waals surface area contributed by atoms with Crippen LogP contribution in [-0.4, -0.2) is 28.2 Å². The van der Waals surface area contributed by atoms with Crippen LogP contribution in [0.15, 0.2) is 35.0 Å². The Kier molecular flexibility index (Phi) is 5.95. The van der Waals surface area contributed by atoms with Gasteiger partial charge in [-0.3, -0.25) is 4.79 Å². The van der Waals surface area contributed by atoms with Crippen molar-refractivity contribution in [1.29, 1.82) is 0 Å². The number of benzene rings is 1. The van der Waals surface area contributed by atoms with Gasteiger partial charge in [0.2, 0.25) is 5.91 Å². The zero-order valence-corrected chi connectivity index (χ0v) is 13.7. The number of nitrogens with zero attached hydrogens (tertiary/aromatic N) is 1. The van der Waals surface area contributed by atoms with Crippen LogP contribution in [0.1, 0.15) is 42.8 Å². The Bertz CT molecular complexity index is 694. The summed E-state index contributed by atoms with van der Waals surface area (Å²) >= 11 is 0. The molecule has 1 aromatic heterocycles. The minimum atomic E-state index is -1.05. The molecule has 7 nitrogen and oxygen atoms in total. The fraction of sp³-hybridized carbons (Fsp3) is 0.353. The molecule has 0 aliphatic heterocycles. The molecule has 0 saturated carbocycles. The van der Waals surface area contributed by atoms with Gasteiger partial charge in [-0.2, -0.15) is 0 Å². The number of hydrogen-bond donors (Lipinski definition) is 3. The molecule has 128 valence electrons. The number of rotatable bonds is 8. The average Bonchev–Trinajstić information content (AvgIpc) is 3.06. The van der Waals surface area contributed by atoms with E-state index in [0.29, 0.717) is 17.1 Å². The second-order valence-corrected chi connectivity index (χ2v) is 5.43. The smallest absolute Gasteiger partial charge is 0.335 e. The highest BCUT2D eigenvalue weighted by Crippen LogP contribution is 2.25. The van der Waals surface area contributed by atoms with Crippen LogP contribution >= 0.6 is 0 Å². The average molecular weight is 331 g/mol. The number of carbonyl (C=O) groups excluding carboxylic acids is 1. The molecule has 0 unspecified atom stereocenters. The first-order valence-corrected chi connectivity index (χ1v) is 7.86. The Morgan fingerprint density at radius 3 is 2.54 bits per heavy atom. The quantitative estimate of drug-likeness (QED) is 0.686. The summed E-state index contributed by atoms with van der Waals surface area (Å²) in [5, 5.41) is 18.8. The van der Waals surface area contributed by atoms with E-state index in [-0.39, 0.29) is 23.9 Å². The molecule has 7 heteroatoms. The highest BCUT2D eigenvalue weighted by atomic mass is 16.5. The van der Waals surface area contributed by atoms with Crippen molar-refractivity contribution >= 4 is 23.3 Å². The lowest BCUT2D eigenvalue weighted by molar-refractivity contribution is -0.115. The lowest BCUT2D eigenvalue weighted by Crippen LogP contribution is -2.20. The minimum Gasteiger partial charge on any atom is -0.478 e. The van der Waals surface area contributed by atoms with Crippen LogP contribution in [-0.2, 0) is 11.2 Å². The molecule has 2 aromatic rings. The summed E-state index contributed by atoms with van der Waals surface area (Å²) in [7, 11) is 0. The van der Waals surface area contributed by atoms with Gasteiger partial charge in [0.05, 0.1) is 29.6 Å². The molecule has 2 rings (SSSR count). The first kappa shape index (κ1) is 17.5. The molecule has 0 bridgehead atoms. The normalized spacial score (nSPS) is 10.6.